The molecule has 3 aliphatic rings. The van der Waals surface area contributed by atoms with Gasteiger partial charge in [-0.1, -0.05) is 63.2 Å². The van der Waals surface area contributed by atoms with Gasteiger partial charge in [0, 0.05) is 57.7 Å². The first-order chi connectivity index (χ1) is 18.6. The minimum Gasteiger partial charge on any atom is -0.342 e. The molecule has 1 aromatic heterocycles. The Kier molecular flexibility index (Phi) is 13.3. The third kappa shape index (κ3) is 9.21. The molecule has 6 heteroatoms. The van der Waals surface area contributed by atoms with E-state index in [0.717, 1.165) is 75.2 Å². The van der Waals surface area contributed by atoms with Crippen molar-refractivity contribution >= 4 is 11.9 Å². The molecular weight excluding hydrogens is 470 g/mol. The highest BCUT2D eigenvalue weighted by atomic mass is 16.2. The standard InChI is InChI=1S/C26H41N5O.C6H12/c1-5-10-23(6-2)21(4)25(32)29(7-3)14-9-11-22-19-27-26(28-20-22)31-17-15-30(16-18-31)24-12-8-13-24;1-2-4-6-5-3-1/h5-6,10,19-21,24H,7-9,11-18H2,1-4H3;1-6H2/b10-5-,23-6+;. The lowest BCUT2D eigenvalue weighted by Gasteiger charge is -2.42. The maximum atomic E-state index is 12.9. The van der Waals surface area contributed by atoms with Crippen molar-refractivity contribution in [3.63, 3.8) is 0 Å². The highest BCUT2D eigenvalue weighted by Gasteiger charge is 2.28. The molecule has 1 saturated heterocycles. The van der Waals surface area contributed by atoms with Gasteiger partial charge in [0.15, 0.2) is 0 Å². The van der Waals surface area contributed by atoms with Crippen LogP contribution in [-0.2, 0) is 11.2 Å². The topological polar surface area (TPSA) is 52.6 Å². The number of carbonyl (C=O) groups is 1. The summed E-state index contributed by atoms with van der Waals surface area (Å²) in [5.41, 5.74) is 2.22. The summed E-state index contributed by atoms with van der Waals surface area (Å²) in [5, 5.41) is 0. The Hall–Kier alpha value is -2.21. The van der Waals surface area contributed by atoms with Gasteiger partial charge in [-0.05, 0) is 64.5 Å². The second kappa shape index (κ2) is 16.7. The van der Waals surface area contributed by atoms with Crippen molar-refractivity contribution in [3.8, 4) is 0 Å². The number of amides is 1. The summed E-state index contributed by atoms with van der Waals surface area (Å²) < 4.78 is 0. The summed E-state index contributed by atoms with van der Waals surface area (Å²) in [5.74, 6) is 0.943. The van der Waals surface area contributed by atoms with Crippen LogP contribution in [-0.4, -0.2) is 71.0 Å². The Balaban J connectivity index is 0.000000585. The van der Waals surface area contributed by atoms with E-state index >= 15 is 0 Å². The zero-order chi connectivity index (χ0) is 27.2. The molecule has 2 heterocycles. The third-order valence-corrected chi connectivity index (χ3v) is 8.53. The quantitative estimate of drug-likeness (QED) is 0.331. The number of nitrogens with zero attached hydrogens (tertiary/aromatic N) is 5. The van der Waals surface area contributed by atoms with Gasteiger partial charge in [-0.15, -0.1) is 0 Å². The van der Waals surface area contributed by atoms with Gasteiger partial charge < -0.3 is 9.80 Å². The molecular formula is C32H53N5O. The van der Waals surface area contributed by atoms with E-state index in [4.69, 9.17) is 0 Å². The fraction of sp³-hybridized carbons (Fsp3) is 0.719. The number of aryl methyl sites for hydroxylation is 1. The Morgan fingerprint density at radius 3 is 2.08 bits per heavy atom. The van der Waals surface area contributed by atoms with Gasteiger partial charge >= 0.3 is 0 Å². The molecule has 38 heavy (non-hydrogen) atoms. The lowest BCUT2D eigenvalue weighted by Crippen LogP contribution is -2.52. The van der Waals surface area contributed by atoms with E-state index in [1.54, 1.807) is 0 Å². The van der Waals surface area contributed by atoms with Gasteiger partial charge in [-0.3, -0.25) is 9.69 Å². The van der Waals surface area contributed by atoms with Gasteiger partial charge in [-0.25, -0.2) is 9.97 Å². The van der Waals surface area contributed by atoms with Gasteiger partial charge in [0.25, 0.3) is 0 Å². The third-order valence-electron chi connectivity index (χ3n) is 8.53. The van der Waals surface area contributed by atoms with Crippen molar-refractivity contribution in [2.45, 2.75) is 104 Å². The van der Waals surface area contributed by atoms with Crippen molar-refractivity contribution in [2.75, 3.05) is 44.2 Å². The second-order valence-electron chi connectivity index (χ2n) is 11.2. The smallest absolute Gasteiger partial charge is 0.229 e. The van der Waals surface area contributed by atoms with E-state index in [1.165, 1.54) is 57.8 Å². The fourth-order valence-electron chi connectivity index (χ4n) is 5.74. The number of anilines is 1. The van der Waals surface area contributed by atoms with Crippen LogP contribution in [0.5, 0.6) is 0 Å². The molecule has 2 saturated carbocycles. The monoisotopic (exact) mass is 523 g/mol. The van der Waals surface area contributed by atoms with Crippen molar-refractivity contribution < 1.29 is 4.79 Å². The number of carbonyl (C=O) groups excluding carboxylic acids is 1. The van der Waals surface area contributed by atoms with E-state index < -0.39 is 0 Å². The molecule has 2 aliphatic carbocycles. The number of aromatic nitrogens is 2. The van der Waals surface area contributed by atoms with E-state index in [0.29, 0.717) is 0 Å². The van der Waals surface area contributed by atoms with Crippen LogP contribution in [0.1, 0.15) is 97.5 Å². The summed E-state index contributed by atoms with van der Waals surface area (Å²) in [7, 11) is 0. The molecule has 1 aromatic rings. The predicted molar refractivity (Wildman–Crippen MR) is 159 cm³/mol. The van der Waals surface area contributed by atoms with Gasteiger partial charge in [0.2, 0.25) is 11.9 Å². The first-order valence-corrected chi connectivity index (χ1v) is 15.4. The van der Waals surface area contributed by atoms with E-state index in [9.17, 15) is 4.79 Å². The van der Waals surface area contributed by atoms with Crippen LogP contribution in [0, 0.1) is 5.92 Å². The number of hydrogen-bond acceptors (Lipinski definition) is 5. The zero-order valence-corrected chi connectivity index (χ0v) is 24.7. The molecule has 0 spiro atoms. The molecule has 1 unspecified atom stereocenters. The maximum absolute atomic E-state index is 12.9. The normalized spacial score (nSPS) is 20.0. The van der Waals surface area contributed by atoms with Crippen LogP contribution in [0.2, 0.25) is 0 Å². The fourth-order valence-corrected chi connectivity index (χ4v) is 5.74. The van der Waals surface area contributed by atoms with Gasteiger partial charge in [-0.2, -0.15) is 0 Å². The molecule has 6 nitrogen and oxygen atoms in total. The summed E-state index contributed by atoms with van der Waals surface area (Å²) in [6.07, 6.45) is 24.9. The van der Waals surface area contributed by atoms with Crippen LogP contribution in [0.15, 0.2) is 36.2 Å². The Bertz CT molecular complexity index is 853. The number of piperazine rings is 1. The Labute approximate surface area is 232 Å². The highest BCUT2D eigenvalue weighted by Crippen LogP contribution is 2.26. The van der Waals surface area contributed by atoms with Crippen molar-refractivity contribution in [1.29, 1.82) is 0 Å². The first kappa shape index (κ1) is 30.3. The molecule has 1 atom stereocenters. The van der Waals surface area contributed by atoms with Gasteiger partial charge in [0.05, 0.1) is 5.92 Å². The highest BCUT2D eigenvalue weighted by molar-refractivity contribution is 5.82. The second-order valence-corrected chi connectivity index (χ2v) is 11.2. The van der Waals surface area contributed by atoms with Crippen molar-refractivity contribution in [1.82, 2.24) is 19.8 Å². The minimum absolute atomic E-state index is 0.108. The lowest BCUT2D eigenvalue weighted by molar-refractivity contribution is -0.133. The van der Waals surface area contributed by atoms with Gasteiger partial charge in [0.1, 0.15) is 0 Å². The zero-order valence-electron chi connectivity index (χ0n) is 24.7. The largest absolute Gasteiger partial charge is 0.342 e. The Morgan fingerprint density at radius 1 is 1.00 bits per heavy atom. The molecule has 1 amide bonds. The minimum atomic E-state index is -0.108. The molecule has 3 fully saturated rings. The maximum Gasteiger partial charge on any atom is 0.229 e. The van der Waals surface area contributed by atoms with E-state index in [1.807, 2.05) is 56.3 Å². The summed E-state index contributed by atoms with van der Waals surface area (Å²) >= 11 is 0. The average molecular weight is 524 g/mol. The predicted octanol–water partition coefficient (Wildman–Crippen LogP) is 6.43. The summed E-state index contributed by atoms with van der Waals surface area (Å²) in [4.78, 5) is 29.1. The number of allylic oxidation sites excluding steroid dienone is 3. The molecule has 1 aliphatic heterocycles. The number of rotatable bonds is 10. The first-order valence-electron chi connectivity index (χ1n) is 15.4. The summed E-state index contributed by atoms with van der Waals surface area (Å²) in [6.45, 7) is 13.8. The van der Waals surface area contributed by atoms with Crippen molar-refractivity contribution in [2.24, 2.45) is 5.92 Å². The van der Waals surface area contributed by atoms with Crippen LogP contribution < -0.4 is 4.90 Å². The molecule has 4 rings (SSSR count). The van der Waals surface area contributed by atoms with Crippen LogP contribution in [0.4, 0.5) is 5.95 Å². The molecule has 0 N–H and O–H groups in total. The Morgan fingerprint density at radius 2 is 1.61 bits per heavy atom. The molecule has 0 aromatic carbocycles. The lowest BCUT2D eigenvalue weighted by atomic mass is 9.91. The molecule has 0 radical (unpaired) electrons. The number of hydrogen-bond donors (Lipinski definition) is 0. The van der Waals surface area contributed by atoms with Crippen LogP contribution >= 0.6 is 0 Å². The molecule has 212 valence electrons. The van der Waals surface area contributed by atoms with Crippen LogP contribution in [0.25, 0.3) is 0 Å². The van der Waals surface area contributed by atoms with Crippen LogP contribution in [0.3, 0.4) is 0 Å². The van der Waals surface area contributed by atoms with Crippen molar-refractivity contribution in [3.05, 3.63) is 41.8 Å². The van der Waals surface area contributed by atoms with E-state index in [-0.39, 0.29) is 11.8 Å². The average Bonchev–Trinajstić information content (AvgIpc) is 2.94. The summed E-state index contributed by atoms with van der Waals surface area (Å²) in [6, 6.07) is 0.825. The van der Waals surface area contributed by atoms with E-state index in [2.05, 4.69) is 26.7 Å². The molecule has 0 bridgehead atoms. The SMILES string of the molecule is C/C=C\C(=C/C)C(C)C(=O)N(CC)CCCc1cnc(N2CCN(C3CCC3)CC2)nc1.C1CCCCC1.